The molecule has 1 aliphatic heterocycles. The van der Waals surface area contributed by atoms with Gasteiger partial charge in [0.25, 0.3) is 10.1 Å². The SMILES string of the molecule is CC/C=C/C/C=C/C/C=C/C/C=C/C/C=C/CCCC(=O)O[C@H](COC(=O)CCCCC/C=C/C/C=C/C/C=C/C/C=C/CCC)CO[C@H]1O[C@H](CS(=O)(=O)O)[C@@H](O)C(O)C1O. The van der Waals surface area contributed by atoms with Crippen molar-refractivity contribution in [2.24, 2.45) is 0 Å². The first-order valence-corrected chi connectivity index (χ1v) is 24.1. The summed E-state index contributed by atoms with van der Waals surface area (Å²) in [4.78, 5) is 25.4. The Morgan fingerprint density at radius 2 is 1.03 bits per heavy atom. The molecular weight excluding hydrogens is 813 g/mol. The van der Waals surface area contributed by atoms with Crippen LogP contribution < -0.4 is 0 Å². The molecule has 13 heteroatoms. The van der Waals surface area contributed by atoms with Gasteiger partial charge in [-0.25, -0.2) is 0 Å². The van der Waals surface area contributed by atoms with Crippen LogP contribution in [0.1, 0.15) is 129 Å². The molecule has 0 radical (unpaired) electrons. The van der Waals surface area contributed by atoms with Gasteiger partial charge in [-0.2, -0.15) is 8.42 Å². The van der Waals surface area contributed by atoms with Crippen LogP contribution in [0.4, 0.5) is 0 Å². The van der Waals surface area contributed by atoms with Crippen LogP contribution in [0.25, 0.3) is 0 Å². The van der Waals surface area contributed by atoms with E-state index in [9.17, 15) is 37.9 Å². The number of aliphatic hydroxyl groups is 3. The van der Waals surface area contributed by atoms with Gasteiger partial charge in [0, 0.05) is 12.8 Å². The first-order chi connectivity index (χ1) is 30.0. The number of unbranched alkanes of at least 4 members (excludes halogenated alkanes) is 5. The third-order valence-corrected chi connectivity index (χ3v) is 10.1. The van der Waals surface area contributed by atoms with Crippen molar-refractivity contribution in [2.75, 3.05) is 19.0 Å². The molecule has 1 fully saturated rings. The number of carbonyl (C=O) groups excluding carboxylic acids is 2. The van der Waals surface area contributed by atoms with Crippen molar-refractivity contribution in [1.29, 1.82) is 0 Å². The van der Waals surface area contributed by atoms with Gasteiger partial charge < -0.3 is 34.3 Å². The third kappa shape index (κ3) is 32.1. The summed E-state index contributed by atoms with van der Waals surface area (Å²) in [7, 11) is -4.62. The zero-order valence-electron chi connectivity index (χ0n) is 37.2. The minimum Gasteiger partial charge on any atom is -0.462 e. The summed E-state index contributed by atoms with van der Waals surface area (Å²) in [6, 6.07) is 0. The van der Waals surface area contributed by atoms with E-state index in [-0.39, 0.29) is 19.4 Å². The first-order valence-electron chi connectivity index (χ1n) is 22.4. The Balaban J connectivity index is 2.53. The lowest BCUT2D eigenvalue weighted by molar-refractivity contribution is -0.297. The van der Waals surface area contributed by atoms with Gasteiger partial charge in [0.2, 0.25) is 0 Å². The molecule has 2 unspecified atom stereocenters. The van der Waals surface area contributed by atoms with Crippen molar-refractivity contribution >= 4 is 22.1 Å². The molecule has 1 saturated heterocycles. The maximum absolute atomic E-state index is 12.8. The molecular formula is C49H76O12S. The van der Waals surface area contributed by atoms with Gasteiger partial charge in [-0.3, -0.25) is 14.1 Å². The highest BCUT2D eigenvalue weighted by atomic mass is 32.2. The Kier molecular flexibility index (Phi) is 34.4. The van der Waals surface area contributed by atoms with Crippen LogP contribution in [0.2, 0.25) is 0 Å². The maximum atomic E-state index is 12.8. The number of carbonyl (C=O) groups is 2. The molecule has 0 spiro atoms. The van der Waals surface area contributed by atoms with E-state index < -0.39 is 71.2 Å². The average Bonchev–Trinajstić information content (AvgIpc) is 3.24. The molecule has 350 valence electrons. The first kappa shape index (κ1) is 56.3. The Bertz CT molecular complexity index is 1560. The lowest BCUT2D eigenvalue weighted by Gasteiger charge is -2.40. The molecule has 4 N–H and O–H groups in total. The molecule has 0 aromatic heterocycles. The van der Waals surface area contributed by atoms with Crippen molar-refractivity contribution < 1.29 is 56.8 Å². The Morgan fingerprint density at radius 1 is 0.565 bits per heavy atom. The molecule has 12 nitrogen and oxygen atoms in total. The van der Waals surface area contributed by atoms with Crippen LogP contribution in [-0.4, -0.2) is 96.0 Å². The Hall–Kier alpha value is -3.69. The minimum atomic E-state index is -4.62. The third-order valence-electron chi connectivity index (χ3n) is 9.32. The van der Waals surface area contributed by atoms with Crippen molar-refractivity contribution in [3.63, 3.8) is 0 Å². The van der Waals surface area contributed by atoms with Crippen molar-refractivity contribution in [3.05, 3.63) is 109 Å². The molecule has 62 heavy (non-hydrogen) atoms. The van der Waals surface area contributed by atoms with E-state index in [1.165, 1.54) is 6.42 Å². The predicted octanol–water partition coefficient (Wildman–Crippen LogP) is 9.22. The van der Waals surface area contributed by atoms with Gasteiger partial charge >= 0.3 is 11.9 Å². The number of ether oxygens (including phenoxy) is 4. The van der Waals surface area contributed by atoms with E-state index in [0.717, 1.165) is 77.0 Å². The van der Waals surface area contributed by atoms with E-state index in [2.05, 4.69) is 111 Å². The van der Waals surface area contributed by atoms with E-state index in [1.807, 2.05) is 12.2 Å². The number of aliphatic hydroxyl groups excluding tert-OH is 3. The molecule has 0 aromatic rings. The summed E-state index contributed by atoms with van der Waals surface area (Å²) >= 11 is 0. The van der Waals surface area contributed by atoms with E-state index in [4.69, 9.17) is 18.9 Å². The fourth-order valence-electron chi connectivity index (χ4n) is 5.88. The number of hydrogen-bond acceptors (Lipinski definition) is 11. The summed E-state index contributed by atoms with van der Waals surface area (Å²) in [5.41, 5.74) is 0. The van der Waals surface area contributed by atoms with Crippen LogP contribution in [0.15, 0.2) is 109 Å². The van der Waals surface area contributed by atoms with Gasteiger partial charge in [-0.05, 0) is 89.9 Å². The lowest BCUT2D eigenvalue weighted by atomic mass is 10.00. The molecule has 0 bridgehead atoms. The van der Waals surface area contributed by atoms with Crippen LogP contribution in [0, 0.1) is 0 Å². The van der Waals surface area contributed by atoms with Gasteiger partial charge in [0.05, 0.1) is 6.61 Å². The van der Waals surface area contributed by atoms with Crippen molar-refractivity contribution in [1.82, 2.24) is 0 Å². The molecule has 0 amide bonds. The molecule has 6 atom stereocenters. The topological polar surface area (TPSA) is 186 Å². The number of esters is 2. The summed E-state index contributed by atoms with van der Waals surface area (Å²) < 4.78 is 54.0. The zero-order valence-corrected chi connectivity index (χ0v) is 38.0. The summed E-state index contributed by atoms with van der Waals surface area (Å²) in [6.45, 7) is 3.48. The molecule has 0 aliphatic carbocycles. The quantitative estimate of drug-likeness (QED) is 0.0205. The normalized spacial score (nSPS) is 20.9. The molecule has 0 saturated carbocycles. The highest BCUT2D eigenvalue weighted by molar-refractivity contribution is 7.85. The van der Waals surface area contributed by atoms with Gasteiger partial charge in [-0.15, -0.1) is 0 Å². The number of hydrogen-bond donors (Lipinski definition) is 4. The average molecular weight is 889 g/mol. The second-order valence-corrected chi connectivity index (χ2v) is 16.5. The molecule has 1 aliphatic rings. The number of rotatable bonds is 35. The zero-order chi connectivity index (χ0) is 45.5. The molecule has 1 heterocycles. The lowest BCUT2D eigenvalue weighted by Crippen LogP contribution is -2.60. The Labute approximate surface area is 372 Å². The highest BCUT2D eigenvalue weighted by Crippen LogP contribution is 2.24. The summed E-state index contributed by atoms with van der Waals surface area (Å²) in [5.74, 6) is -2.12. The Morgan fingerprint density at radius 3 is 1.53 bits per heavy atom. The standard InChI is InChI=1S/C49H76O12S/c1-3-5-7-9-11-13-15-17-19-21-23-25-27-29-31-33-35-37-44(50)58-39-42(40-59-49-48(54)47(53)46(52)43(61-49)41-62(55,56)57)60-45(51)38-36-34-32-30-28-26-24-22-20-18-16-14-12-10-8-6-4-2/h6-9,12-15,18-21,24-27,30,32,42-43,46-49,52-54H,3-5,10-11,16-17,22-23,28-29,31,33-41H2,1-2H3,(H,55,56,57)/b8-6+,9-7+,14-12+,15-13+,20-18+,21-19+,26-24+,27-25+,32-30+/t42-,43-,46-,47?,48?,49+/m1/s1. The fourth-order valence-corrected chi connectivity index (χ4v) is 6.57. The van der Waals surface area contributed by atoms with E-state index in [0.29, 0.717) is 19.3 Å². The largest absolute Gasteiger partial charge is 0.462 e. The minimum absolute atomic E-state index is 0.0714. The summed E-state index contributed by atoms with van der Waals surface area (Å²) in [5, 5.41) is 30.9. The summed E-state index contributed by atoms with van der Waals surface area (Å²) in [6.07, 6.45) is 42.8. The van der Waals surface area contributed by atoms with Gasteiger partial charge in [-0.1, -0.05) is 136 Å². The monoisotopic (exact) mass is 889 g/mol. The molecule has 0 aromatic carbocycles. The van der Waals surface area contributed by atoms with E-state index >= 15 is 0 Å². The van der Waals surface area contributed by atoms with Gasteiger partial charge in [0.1, 0.15) is 36.8 Å². The van der Waals surface area contributed by atoms with Crippen molar-refractivity contribution in [3.8, 4) is 0 Å². The highest BCUT2D eigenvalue weighted by Gasteiger charge is 2.46. The second-order valence-electron chi connectivity index (χ2n) is 15.0. The smallest absolute Gasteiger partial charge is 0.306 e. The number of allylic oxidation sites excluding steroid dienone is 18. The van der Waals surface area contributed by atoms with Crippen LogP contribution in [-0.2, 0) is 38.7 Å². The fraction of sp³-hybridized carbons (Fsp3) is 0.592. The second kappa shape index (κ2) is 37.8. The van der Waals surface area contributed by atoms with Crippen molar-refractivity contribution in [2.45, 2.75) is 166 Å². The predicted molar refractivity (Wildman–Crippen MR) is 247 cm³/mol. The molecule has 1 rings (SSSR count). The maximum Gasteiger partial charge on any atom is 0.306 e. The van der Waals surface area contributed by atoms with Gasteiger partial charge in [0.15, 0.2) is 12.4 Å². The van der Waals surface area contributed by atoms with Crippen LogP contribution >= 0.6 is 0 Å². The van der Waals surface area contributed by atoms with Crippen LogP contribution in [0.3, 0.4) is 0 Å². The van der Waals surface area contributed by atoms with E-state index in [1.54, 1.807) is 0 Å². The van der Waals surface area contributed by atoms with Crippen LogP contribution in [0.5, 0.6) is 0 Å².